The van der Waals surface area contributed by atoms with Gasteiger partial charge in [-0.3, -0.25) is 4.90 Å². The van der Waals surface area contributed by atoms with E-state index in [2.05, 4.69) is 23.1 Å². The smallest absolute Gasteiger partial charge is 0.120 e. The maximum absolute atomic E-state index is 10.1. The summed E-state index contributed by atoms with van der Waals surface area (Å²) in [5, 5.41) is 10.1. The molecule has 0 amide bonds. The summed E-state index contributed by atoms with van der Waals surface area (Å²) < 4.78 is 5.20. The molecule has 0 bridgehead atoms. The van der Waals surface area contributed by atoms with E-state index in [1.54, 1.807) is 13.2 Å². The average molecular weight is 297 g/mol. The molecule has 3 nitrogen and oxygen atoms in total. The van der Waals surface area contributed by atoms with Crippen molar-refractivity contribution >= 4 is 0 Å². The van der Waals surface area contributed by atoms with Gasteiger partial charge in [-0.25, -0.2) is 0 Å². The highest BCUT2D eigenvalue weighted by Gasteiger charge is 2.13. The predicted molar refractivity (Wildman–Crippen MR) is 89.2 cm³/mol. The minimum atomic E-state index is 0.392. The van der Waals surface area contributed by atoms with Crippen LogP contribution in [0.4, 0.5) is 0 Å². The van der Waals surface area contributed by atoms with Crippen LogP contribution in [0.2, 0.25) is 0 Å². The number of ether oxygens (including phenoxy) is 1. The van der Waals surface area contributed by atoms with Crippen LogP contribution in [0, 0.1) is 0 Å². The summed E-state index contributed by atoms with van der Waals surface area (Å²) in [7, 11) is 1.67. The van der Waals surface area contributed by atoms with Crippen molar-refractivity contribution in [3.05, 3.63) is 48.0 Å². The molecule has 0 spiro atoms. The first-order chi connectivity index (χ1) is 10.8. The molecule has 116 valence electrons. The third-order valence-corrected chi connectivity index (χ3v) is 4.35. The van der Waals surface area contributed by atoms with Crippen LogP contribution in [-0.2, 0) is 6.54 Å². The van der Waals surface area contributed by atoms with Crippen LogP contribution in [0.5, 0.6) is 11.5 Å². The Morgan fingerprint density at radius 2 is 1.64 bits per heavy atom. The van der Waals surface area contributed by atoms with Crippen LogP contribution in [-0.4, -0.2) is 30.2 Å². The molecule has 0 aromatic heterocycles. The number of likely N-dealkylation sites (tertiary alicyclic amines) is 1. The van der Waals surface area contributed by atoms with E-state index in [0.717, 1.165) is 42.1 Å². The highest BCUT2D eigenvalue weighted by molar-refractivity contribution is 5.66. The first kappa shape index (κ1) is 14.9. The van der Waals surface area contributed by atoms with E-state index in [4.69, 9.17) is 4.74 Å². The van der Waals surface area contributed by atoms with Crippen LogP contribution in [0.3, 0.4) is 0 Å². The molecular formula is C19H23NO2. The number of aromatic hydroxyl groups is 1. The molecule has 2 aromatic rings. The van der Waals surface area contributed by atoms with E-state index in [0.29, 0.717) is 5.75 Å². The van der Waals surface area contributed by atoms with Crippen molar-refractivity contribution < 1.29 is 9.84 Å². The van der Waals surface area contributed by atoms with Gasteiger partial charge in [-0.1, -0.05) is 24.6 Å². The molecule has 1 fully saturated rings. The molecule has 22 heavy (non-hydrogen) atoms. The summed E-state index contributed by atoms with van der Waals surface area (Å²) in [6.45, 7) is 3.09. The lowest BCUT2D eigenvalue weighted by molar-refractivity contribution is 0.218. The normalized spacial score (nSPS) is 15.7. The molecule has 0 saturated carbocycles. The summed E-state index contributed by atoms with van der Waals surface area (Å²) >= 11 is 0. The molecule has 2 aromatic carbocycles. The molecule has 3 heteroatoms. The maximum atomic E-state index is 10.1. The lowest BCUT2D eigenvalue weighted by atomic mass is 10.0. The molecule has 0 aliphatic carbocycles. The Labute approximate surface area is 132 Å². The van der Waals surface area contributed by atoms with Gasteiger partial charge in [0.1, 0.15) is 11.5 Å². The quantitative estimate of drug-likeness (QED) is 0.924. The van der Waals surface area contributed by atoms with Crippen molar-refractivity contribution in [3.63, 3.8) is 0 Å². The third kappa shape index (κ3) is 3.42. The molecule has 0 unspecified atom stereocenters. The SMILES string of the molecule is COc1ccc(-c2ccc(O)c(CN3CCCCC3)c2)cc1. The first-order valence-electron chi connectivity index (χ1n) is 7.95. The summed E-state index contributed by atoms with van der Waals surface area (Å²) in [5.41, 5.74) is 3.28. The Kier molecular flexibility index (Phi) is 4.64. The van der Waals surface area contributed by atoms with Gasteiger partial charge in [-0.2, -0.15) is 0 Å². The number of rotatable bonds is 4. The second kappa shape index (κ2) is 6.84. The second-order valence-corrected chi connectivity index (χ2v) is 5.91. The van der Waals surface area contributed by atoms with Crippen LogP contribution < -0.4 is 4.74 Å². The van der Waals surface area contributed by atoms with Crippen LogP contribution in [0.25, 0.3) is 11.1 Å². The molecule has 1 aliphatic heterocycles. The van der Waals surface area contributed by atoms with E-state index in [1.807, 2.05) is 18.2 Å². The van der Waals surface area contributed by atoms with E-state index < -0.39 is 0 Å². The molecule has 1 heterocycles. The lowest BCUT2D eigenvalue weighted by Gasteiger charge is -2.26. The lowest BCUT2D eigenvalue weighted by Crippen LogP contribution is -2.29. The van der Waals surface area contributed by atoms with Crippen LogP contribution in [0.15, 0.2) is 42.5 Å². The Morgan fingerprint density at radius 1 is 0.955 bits per heavy atom. The van der Waals surface area contributed by atoms with Crippen molar-refractivity contribution in [1.29, 1.82) is 0 Å². The molecule has 3 rings (SSSR count). The van der Waals surface area contributed by atoms with Gasteiger partial charge in [0.05, 0.1) is 7.11 Å². The number of hydrogen-bond donors (Lipinski definition) is 1. The Balaban J connectivity index is 1.81. The minimum absolute atomic E-state index is 0.392. The van der Waals surface area contributed by atoms with Gasteiger partial charge < -0.3 is 9.84 Å². The molecule has 0 radical (unpaired) electrons. The topological polar surface area (TPSA) is 32.7 Å². The highest BCUT2D eigenvalue weighted by Crippen LogP contribution is 2.28. The van der Waals surface area contributed by atoms with Crippen molar-refractivity contribution in [3.8, 4) is 22.6 Å². The van der Waals surface area contributed by atoms with Gasteiger partial charge >= 0.3 is 0 Å². The highest BCUT2D eigenvalue weighted by atomic mass is 16.5. The molecular weight excluding hydrogens is 274 g/mol. The van der Waals surface area contributed by atoms with Gasteiger partial charge in [0, 0.05) is 12.1 Å². The summed E-state index contributed by atoms with van der Waals surface area (Å²) in [4.78, 5) is 2.43. The maximum Gasteiger partial charge on any atom is 0.120 e. The van der Waals surface area contributed by atoms with Crippen molar-refractivity contribution in [1.82, 2.24) is 4.90 Å². The van der Waals surface area contributed by atoms with Crippen molar-refractivity contribution in [2.24, 2.45) is 0 Å². The van der Waals surface area contributed by atoms with Crippen molar-refractivity contribution in [2.75, 3.05) is 20.2 Å². The Morgan fingerprint density at radius 3 is 2.32 bits per heavy atom. The molecule has 1 aliphatic rings. The number of hydrogen-bond acceptors (Lipinski definition) is 3. The standard InChI is InChI=1S/C19H23NO2/c1-22-18-8-5-15(6-9-18)16-7-10-19(21)17(13-16)14-20-11-3-2-4-12-20/h5-10,13,21H,2-4,11-12,14H2,1H3. The summed E-state index contributed by atoms with van der Waals surface area (Å²) in [5.74, 6) is 1.25. The fourth-order valence-corrected chi connectivity index (χ4v) is 3.03. The van der Waals surface area contributed by atoms with E-state index >= 15 is 0 Å². The zero-order chi connectivity index (χ0) is 15.4. The first-order valence-corrected chi connectivity index (χ1v) is 7.95. The number of nitrogens with zero attached hydrogens (tertiary/aromatic N) is 1. The van der Waals surface area contributed by atoms with Crippen molar-refractivity contribution in [2.45, 2.75) is 25.8 Å². The monoisotopic (exact) mass is 297 g/mol. The molecule has 1 N–H and O–H groups in total. The van der Waals surface area contributed by atoms with E-state index in [9.17, 15) is 5.11 Å². The molecule has 1 saturated heterocycles. The number of piperidine rings is 1. The van der Waals surface area contributed by atoms with E-state index in [-0.39, 0.29) is 0 Å². The van der Waals surface area contributed by atoms with Gasteiger partial charge in [0.2, 0.25) is 0 Å². The number of methoxy groups -OCH3 is 1. The zero-order valence-electron chi connectivity index (χ0n) is 13.1. The number of phenolic OH excluding ortho intramolecular Hbond substituents is 1. The molecule has 0 atom stereocenters. The Hall–Kier alpha value is -2.00. The Bertz CT molecular complexity index is 616. The number of phenols is 1. The third-order valence-electron chi connectivity index (χ3n) is 4.35. The van der Waals surface area contributed by atoms with Gasteiger partial charge in [-0.15, -0.1) is 0 Å². The summed E-state index contributed by atoms with van der Waals surface area (Å²) in [6.07, 6.45) is 3.85. The van der Waals surface area contributed by atoms with Crippen LogP contribution >= 0.6 is 0 Å². The van der Waals surface area contributed by atoms with E-state index in [1.165, 1.54) is 19.3 Å². The fourth-order valence-electron chi connectivity index (χ4n) is 3.03. The summed E-state index contributed by atoms with van der Waals surface area (Å²) in [6, 6.07) is 13.9. The van der Waals surface area contributed by atoms with Gasteiger partial charge in [0.25, 0.3) is 0 Å². The average Bonchev–Trinajstić information content (AvgIpc) is 2.58. The number of benzene rings is 2. The zero-order valence-corrected chi connectivity index (χ0v) is 13.1. The second-order valence-electron chi connectivity index (χ2n) is 5.91. The fraction of sp³-hybridized carbons (Fsp3) is 0.368. The van der Waals surface area contributed by atoms with Gasteiger partial charge in [0.15, 0.2) is 0 Å². The van der Waals surface area contributed by atoms with Gasteiger partial charge in [-0.05, 0) is 61.3 Å². The van der Waals surface area contributed by atoms with Crippen LogP contribution in [0.1, 0.15) is 24.8 Å². The predicted octanol–water partition coefficient (Wildman–Crippen LogP) is 4.05. The minimum Gasteiger partial charge on any atom is -0.508 e. The largest absolute Gasteiger partial charge is 0.508 e.